The molecular formula is C15H27N3O2. The number of H-pyrrole nitrogens is 1. The lowest BCUT2D eigenvalue weighted by molar-refractivity contribution is 0.141. The Morgan fingerprint density at radius 3 is 2.95 bits per heavy atom. The highest BCUT2D eigenvalue weighted by molar-refractivity contribution is 5.67. The third-order valence-corrected chi connectivity index (χ3v) is 3.23. The Labute approximate surface area is 121 Å². The molecule has 1 aromatic rings. The molecule has 0 saturated carbocycles. The minimum Gasteiger partial charge on any atom is -0.450 e. The van der Waals surface area contributed by atoms with Gasteiger partial charge in [-0.15, -0.1) is 0 Å². The summed E-state index contributed by atoms with van der Waals surface area (Å²) >= 11 is 0. The van der Waals surface area contributed by atoms with Gasteiger partial charge in [-0.25, -0.2) is 9.78 Å². The fraction of sp³-hybridized carbons (Fsp3) is 0.733. The van der Waals surface area contributed by atoms with Crippen LogP contribution in [0, 0.1) is 0 Å². The lowest BCUT2D eigenvalue weighted by atomic mass is 10.1. The van der Waals surface area contributed by atoms with Gasteiger partial charge in [0.15, 0.2) is 0 Å². The molecule has 2 N–H and O–H groups in total. The number of hydrogen-bond donors (Lipinski definition) is 2. The maximum absolute atomic E-state index is 11.6. The first-order chi connectivity index (χ1) is 9.72. The molecular weight excluding hydrogens is 254 g/mol. The molecule has 0 aliphatic carbocycles. The third-order valence-electron chi connectivity index (χ3n) is 3.23. The van der Waals surface area contributed by atoms with E-state index in [1.807, 2.05) is 6.92 Å². The fourth-order valence-corrected chi connectivity index (χ4v) is 2.04. The lowest BCUT2D eigenvalue weighted by Crippen LogP contribution is -2.33. The van der Waals surface area contributed by atoms with Crippen molar-refractivity contribution in [3.8, 4) is 0 Å². The van der Waals surface area contributed by atoms with Crippen LogP contribution in [-0.2, 0) is 11.2 Å². The topological polar surface area (TPSA) is 67.0 Å². The summed E-state index contributed by atoms with van der Waals surface area (Å²) in [4.78, 5) is 18.5. The minimum atomic E-state index is -0.308. The van der Waals surface area contributed by atoms with Crippen molar-refractivity contribution in [1.29, 1.82) is 0 Å². The Morgan fingerprint density at radius 1 is 1.40 bits per heavy atom. The second-order valence-corrected chi connectivity index (χ2v) is 5.21. The van der Waals surface area contributed by atoms with Gasteiger partial charge in [0.1, 0.15) is 0 Å². The van der Waals surface area contributed by atoms with Gasteiger partial charge in [-0.05, 0) is 26.2 Å². The van der Waals surface area contributed by atoms with Gasteiger partial charge in [-0.1, -0.05) is 32.6 Å². The van der Waals surface area contributed by atoms with Crippen LogP contribution in [0.25, 0.3) is 0 Å². The van der Waals surface area contributed by atoms with Gasteiger partial charge in [0, 0.05) is 17.9 Å². The van der Waals surface area contributed by atoms with Crippen molar-refractivity contribution in [2.45, 2.75) is 64.8 Å². The summed E-state index contributed by atoms with van der Waals surface area (Å²) in [7, 11) is 0. The Bertz CT molecular complexity index is 352. The predicted octanol–water partition coefficient (Wildman–Crippen LogP) is 3.43. The van der Waals surface area contributed by atoms with Gasteiger partial charge in [0.2, 0.25) is 0 Å². The number of alkyl carbamates (subject to hydrolysis) is 1. The number of aromatic amines is 1. The highest BCUT2D eigenvalue weighted by Crippen LogP contribution is 2.05. The van der Waals surface area contributed by atoms with Gasteiger partial charge < -0.3 is 15.0 Å². The number of carbonyl (C=O) groups excluding carboxylic acids is 1. The van der Waals surface area contributed by atoms with Gasteiger partial charge in [-0.2, -0.15) is 0 Å². The normalized spacial score (nSPS) is 12.1. The lowest BCUT2D eigenvalue weighted by Gasteiger charge is -2.13. The van der Waals surface area contributed by atoms with Crippen molar-refractivity contribution < 1.29 is 9.53 Å². The Hall–Kier alpha value is -1.52. The van der Waals surface area contributed by atoms with E-state index in [4.69, 9.17) is 4.74 Å². The minimum absolute atomic E-state index is 0.187. The molecule has 1 aromatic heterocycles. The van der Waals surface area contributed by atoms with Crippen molar-refractivity contribution in [1.82, 2.24) is 15.3 Å². The zero-order chi connectivity index (χ0) is 14.6. The van der Waals surface area contributed by atoms with Crippen LogP contribution in [0.15, 0.2) is 12.5 Å². The van der Waals surface area contributed by atoms with Crippen molar-refractivity contribution in [2.75, 3.05) is 6.61 Å². The summed E-state index contributed by atoms with van der Waals surface area (Å²) in [5.41, 5.74) is 1.07. The molecule has 1 amide bonds. The van der Waals surface area contributed by atoms with Crippen molar-refractivity contribution in [3.63, 3.8) is 0 Å². The van der Waals surface area contributed by atoms with E-state index >= 15 is 0 Å². The summed E-state index contributed by atoms with van der Waals surface area (Å²) in [5.74, 6) is 0. The summed E-state index contributed by atoms with van der Waals surface area (Å²) < 4.78 is 5.15. The molecule has 114 valence electrons. The first-order valence-corrected chi connectivity index (χ1v) is 7.63. The van der Waals surface area contributed by atoms with Gasteiger partial charge >= 0.3 is 6.09 Å². The SMILES string of the molecule is CCCCCC[C@@H](C)NC(=O)OCCCc1cnc[nH]1. The van der Waals surface area contributed by atoms with E-state index in [1.165, 1.54) is 19.3 Å². The summed E-state index contributed by atoms with van der Waals surface area (Å²) in [5, 5.41) is 2.87. The first-order valence-electron chi connectivity index (χ1n) is 7.63. The second kappa shape index (κ2) is 10.3. The number of amides is 1. The second-order valence-electron chi connectivity index (χ2n) is 5.21. The van der Waals surface area contributed by atoms with Crippen LogP contribution in [0.3, 0.4) is 0 Å². The molecule has 0 saturated heterocycles. The standard InChI is InChI=1S/C15H27N3O2/c1-3-4-5-6-8-13(2)18-15(19)20-10-7-9-14-11-16-12-17-14/h11-13H,3-10H2,1-2H3,(H,16,17)(H,18,19)/t13-/m1/s1. The molecule has 0 unspecified atom stereocenters. The van der Waals surface area contributed by atoms with Gasteiger partial charge in [0.05, 0.1) is 12.9 Å². The van der Waals surface area contributed by atoms with E-state index in [1.54, 1.807) is 12.5 Å². The number of imidazole rings is 1. The number of hydrogen-bond acceptors (Lipinski definition) is 3. The zero-order valence-electron chi connectivity index (χ0n) is 12.7. The summed E-state index contributed by atoms with van der Waals surface area (Å²) in [6.45, 7) is 4.66. The molecule has 0 aliphatic heterocycles. The molecule has 1 heterocycles. The third kappa shape index (κ3) is 7.81. The Kier molecular flexibility index (Phi) is 8.51. The van der Waals surface area contributed by atoms with Crippen LogP contribution in [0.5, 0.6) is 0 Å². The maximum atomic E-state index is 11.6. The number of unbranched alkanes of at least 4 members (excludes halogenated alkanes) is 3. The van der Waals surface area contributed by atoms with Crippen LogP contribution in [-0.4, -0.2) is 28.7 Å². The number of ether oxygens (including phenoxy) is 1. The van der Waals surface area contributed by atoms with E-state index in [0.717, 1.165) is 31.4 Å². The van der Waals surface area contributed by atoms with Crippen LogP contribution in [0.1, 0.15) is 58.1 Å². The molecule has 0 fully saturated rings. The first kappa shape index (κ1) is 16.5. The summed E-state index contributed by atoms with van der Waals surface area (Å²) in [6.07, 6.45) is 10.7. The average Bonchev–Trinajstić information content (AvgIpc) is 2.93. The van der Waals surface area contributed by atoms with E-state index in [9.17, 15) is 4.79 Å². The van der Waals surface area contributed by atoms with E-state index in [2.05, 4.69) is 22.2 Å². The van der Waals surface area contributed by atoms with Crippen molar-refractivity contribution in [2.24, 2.45) is 0 Å². The molecule has 5 heteroatoms. The fourth-order valence-electron chi connectivity index (χ4n) is 2.04. The van der Waals surface area contributed by atoms with Crippen LogP contribution in [0.2, 0.25) is 0 Å². The van der Waals surface area contributed by atoms with E-state index in [0.29, 0.717) is 6.61 Å². The molecule has 0 aliphatic rings. The number of rotatable bonds is 10. The summed E-state index contributed by atoms with van der Waals surface area (Å²) in [6, 6.07) is 0.187. The van der Waals surface area contributed by atoms with Crippen LogP contribution in [0.4, 0.5) is 4.79 Å². The molecule has 0 radical (unpaired) electrons. The van der Waals surface area contributed by atoms with E-state index < -0.39 is 0 Å². The largest absolute Gasteiger partial charge is 0.450 e. The number of carbonyl (C=O) groups is 1. The molecule has 0 bridgehead atoms. The van der Waals surface area contributed by atoms with Crippen LogP contribution >= 0.6 is 0 Å². The Morgan fingerprint density at radius 2 is 2.25 bits per heavy atom. The van der Waals surface area contributed by atoms with Gasteiger partial charge in [-0.3, -0.25) is 0 Å². The number of aryl methyl sites for hydroxylation is 1. The molecule has 0 aromatic carbocycles. The Balaban J connectivity index is 1.98. The van der Waals surface area contributed by atoms with Gasteiger partial charge in [0.25, 0.3) is 0 Å². The molecule has 5 nitrogen and oxygen atoms in total. The number of nitrogens with zero attached hydrogens (tertiary/aromatic N) is 1. The molecule has 1 rings (SSSR count). The molecule has 1 atom stereocenters. The average molecular weight is 281 g/mol. The molecule has 0 spiro atoms. The number of nitrogens with one attached hydrogen (secondary N) is 2. The van der Waals surface area contributed by atoms with Crippen molar-refractivity contribution in [3.05, 3.63) is 18.2 Å². The van der Waals surface area contributed by atoms with Crippen LogP contribution < -0.4 is 5.32 Å². The predicted molar refractivity (Wildman–Crippen MR) is 79.6 cm³/mol. The highest BCUT2D eigenvalue weighted by atomic mass is 16.5. The number of aromatic nitrogens is 2. The van der Waals surface area contributed by atoms with Crippen molar-refractivity contribution >= 4 is 6.09 Å². The monoisotopic (exact) mass is 281 g/mol. The zero-order valence-corrected chi connectivity index (χ0v) is 12.7. The molecule has 20 heavy (non-hydrogen) atoms. The van der Waals surface area contributed by atoms with E-state index in [-0.39, 0.29) is 12.1 Å². The quantitative estimate of drug-likeness (QED) is 0.646. The highest BCUT2D eigenvalue weighted by Gasteiger charge is 2.07. The maximum Gasteiger partial charge on any atom is 0.407 e. The smallest absolute Gasteiger partial charge is 0.407 e.